The smallest absolute Gasteiger partial charge is 0.274 e. The standard InChI is InChI=1S/C15H21N3O3/c1-2-11-7-8-12(10-14(11)18(20)21)17-15(19)13-6-4-3-5-9-16-13/h7-8,10,13,16H,2-6,9H2,1H3,(H,17,19). The number of carbonyl (C=O) groups is 1. The van der Waals surface area contributed by atoms with E-state index in [-0.39, 0.29) is 17.6 Å². The van der Waals surface area contributed by atoms with Gasteiger partial charge in [0.1, 0.15) is 0 Å². The monoisotopic (exact) mass is 291 g/mol. The number of benzene rings is 1. The van der Waals surface area contributed by atoms with E-state index in [0.717, 1.165) is 32.2 Å². The minimum atomic E-state index is -0.404. The van der Waals surface area contributed by atoms with Gasteiger partial charge in [0.15, 0.2) is 0 Å². The highest BCUT2D eigenvalue weighted by Gasteiger charge is 2.20. The second kappa shape index (κ2) is 7.17. The average Bonchev–Trinajstić information content (AvgIpc) is 2.76. The highest BCUT2D eigenvalue weighted by atomic mass is 16.6. The van der Waals surface area contributed by atoms with E-state index in [1.54, 1.807) is 12.1 Å². The number of nitro groups is 1. The third-order valence-corrected chi connectivity index (χ3v) is 3.81. The molecule has 21 heavy (non-hydrogen) atoms. The van der Waals surface area contributed by atoms with Crippen molar-refractivity contribution in [3.05, 3.63) is 33.9 Å². The Morgan fingerprint density at radius 2 is 2.24 bits per heavy atom. The number of anilines is 1. The van der Waals surface area contributed by atoms with Gasteiger partial charge >= 0.3 is 0 Å². The Balaban J connectivity index is 2.09. The van der Waals surface area contributed by atoms with Crippen LogP contribution in [0.4, 0.5) is 11.4 Å². The molecule has 0 aromatic heterocycles. The molecular weight excluding hydrogens is 270 g/mol. The Labute approximate surface area is 124 Å². The number of aryl methyl sites for hydroxylation is 1. The van der Waals surface area contributed by atoms with Crippen LogP contribution in [0.5, 0.6) is 0 Å². The van der Waals surface area contributed by atoms with E-state index in [1.807, 2.05) is 6.92 Å². The quantitative estimate of drug-likeness (QED) is 0.659. The number of hydrogen-bond acceptors (Lipinski definition) is 4. The summed E-state index contributed by atoms with van der Waals surface area (Å²) in [5, 5.41) is 17.0. The third-order valence-electron chi connectivity index (χ3n) is 3.81. The molecule has 1 aliphatic heterocycles. The molecule has 1 fully saturated rings. The van der Waals surface area contributed by atoms with E-state index >= 15 is 0 Å². The lowest BCUT2D eigenvalue weighted by Gasteiger charge is -2.15. The van der Waals surface area contributed by atoms with E-state index < -0.39 is 4.92 Å². The lowest BCUT2D eigenvalue weighted by molar-refractivity contribution is -0.385. The molecule has 0 spiro atoms. The Kier molecular flexibility index (Phi) is 5.27. The topological polar surface area (TPSA) is 84.3 Å². The summed E-state index contributed by atoms with van der Waals surface area (Å²) in [7, 11) is 0. The first kappa shape index (κ1) is 15.4. The van der Waals surface area contributed by atoms with Gasteiger partial charge in [-0.25, -0.2) is 0 Å². The maximum absolute atomic E-state index is 12.2. The van der Waals surface area contributed by atoms with Crippen LogP contribution in [-0.2, 0) is 11.2 Å². The van der Waals surface area contributed by atoms with Crippen molar-refractivity contribution in [3.63, 3.8) is 0 Å². The largest absolute Gasteiger partial charge is 0.324 e. The summed E-state index contributed by atoms with van der Waals surface area (Å²) >= 11 is 0. The van der Waals surface area contributed by atoms with Crippen molar-refractivity contribution >= 4 is 17.3 Å². The van der Waals surface area contributed by atoms with Crippen LogP contribution >= 0.6 is 0 Å². The first-order chi connectivity index (χ1) is 10.1. The zero-order valence-electron chi connectivity index (χ0n) is 12.2. The molecule has 1 amide bonds. The van der Waals surface area contributed by atoms with Gasteiger partial charge in [-0.3, -0.25) is 14.9 Å². The Hall–Kier alpha value is -1.95. The molecule has 2 N–H and O–H groups in total. The molecule has 0 radical (unpaired) electrons. The predicted molar refractivity (Wildman–Crippen MR) is 81.4 cm³/mol. The summed E-state index contributed by atoms with van der Waals surface area (Å²) in [6, 6.07) is 4.65. The summed E-state index contributed by atoms with van der Waals surface area (Å²) < 4.78 is 0. The Morgan fingerprint density at radius 1 is 1.43 bits per heavy atom. The van der Waals surface area contributed by atoms with Gasteiger partial charge in [-0.15, -0.1) is 0 Å². The molecule has 0 aliphatic carbocycles. The number of nitrogens with one attached hydrogen (secondary N) is 2. The molecule has 6 heteroatoms. The van der Waals surface area contributed by atoms with Gasteiger partial charge in [-0.05, 0) is 31.9 Å². The zero-order valence-corrected chi connectivity index (χ0v) is 12.2. The fourth-order valence-electron chi connectivity index (χ4n) is 2.59. The van der Waals surface area contributed by atoms with E-state index in [4.69, 9.17) is 0 Å². The van der Waals surface area contributed by atoms with Crippen molar-refractivity contribution in [1.82, 2.24) is 5.32 Å². The van der Waals surface area contributed by atoms with Gasteiger partial charge in [0.2, 0.25) is 5.91 Å². The first-order valence-corrected chi connectivity index (χ1v) is 7.43. The van der Waals surface area contributed by atoms with Crippen molar-refractivity contribution in [3.8, 4) is 0 Å². The maximum atomic E-state index is 12.2. The van der Waals surface area contributed by atoms with E-state index in [2.05, 4.69) is 10.6 Å². The van der Waals surface area contributed by atoms with Crippen LogP contribution in [0.1, 0.15) is 38.2 Å². The molecule has 1 heterocycles. The molecule has 114 valence electrons. The lowest BCUT2D eigenvalue weighted by Crippen LogP contribution is -2.39. The van der Waals surface area contributed by atoms with Gasteiger partial charge in [-0.1, -0.05) is 25.8 Å². The zero-order chi connectivity index (χ0) is 15.2. The highest BCUT2D eigenvalue weighted by Crippen LogP contribution is 2.24. The van der Waals surface area contributed by atoms with Crippen molar-refractivity contribution in [2.45, 2.75) is 45.1 Å². The summed E-state index contributed by atoms with van der Waals surface area (Å²) in [4.78, 5) is 22.9. The van der Waals surface area contributed by atoms with Gasteiger partial charge in [-0.2, -0.15) is 0 Å². The van der Waals surface area contributed by atoms with Crippen molar-refractivity contribution in [2.75, 3.05) is 11.9 Å². The minimum absolute atomic E-state index is 0.0594. The maximum Gasteiger partial charge on any atom is 0.274 e. The second-order valence-corrected chi connectivity index (χ2v) is 5.30. The summed E-state index contributed by atoms with van der Waals surface area (Å²) in [6.45, 7) is 2.71. The molecule has 1 atom stereocenters. The summed E-state index contributed by atoms with van der Waals surface area (Å²) in [6.07, 6.45) is 4.64. The normalized spacial score (nSPS) is 18.8. The number of nitrogens with zero attached hydrogens (tertiary/aromatic N) is 1. The van der Waals surface area contributed by atoms with Gasteiger partial charge in [0.05, 0.1) is 11.0 Å². The molecule has 2 rings (SSSR count). The summed E-state index contributed by atoms with van der Waals surface area (Å²) in [5.41, 5.74) is 1.21. The molecule has 1 unspecified atom stereocenters. The van der Waals surface area contributed by atoms with Crippen molar-refractivity contribution < 1.29 is 9.72 Å². The number of rotatable bonds is 4. The highest BCUT2D eigenvalue weighted by molar-refractivity contribution is 5.95. The Morgan fingerprint density at radius 3 is 2.95 bits per heavy atom. The third kappa shape index (κ3) is 4.01. The van der Waals surface area contributed by atoms with E-state index in [1.165, 1.54) is 6.07 Å². The number of amides is 1. The van der Waals surface area contributed by atoms with Crippen LogP contribution < -0.4 is 10.6 Å². The van der Waals surface area contributed by atoms with E-state index in [9.17, 15) is 14.9 Å². The van der Waals surface area contributed by atoms with Gasteiger partial charge in [0.25, 0.3) is 5.69 Å². The molecule has 0 bridgehead atoms. The molecule has 1 aliphatic rings. The molecule has 1 aromatic rings. The molecule has 1 aromatic carbocycles. The molecule has 0 saturated carbocycles. The van der Waals surface area contributed by atoms with Crippen LogP contribution in [0.25, 0.3) is 0 Å². The minimum Gasteiger partial charge on any atom is -0.324 e. The van der Waals surface area contributed by atoms with Gasteiger partial charge < -0.3 is 10.6 Å². The van der Waals surface area contributed by atoms with Crippen LogP contribution in [0.2, 0.25) is 0 Å². The number of carbonyl (C=O) groups excluding carboxylic acids is 1. The fourth-order valence-corrected chi connectivity index (χ4v) is 2.59. The van der Waals surface area contributed by atoms with Crippen molar-refractivity contribution in [1.29, 1.82) is 0 Å². The first-order valence-electron chi connectivity index (χ1n) is 7.43. The lowest BCUT2D eigenvalue weighted by atomic mass is 10.1. The molecule has 6 nitrogen and oxygen atoms in total. The SMILES string of the molecule is CCc1ccc(NC(=O)C2CCCCCN2)cc1[N+](=O)[O-]. The van der Waals surface area contributed by atoms with Crippen LogP contribution in [-0.4, -0.2) is 23.4 Å². The van der Waals surface area contributed by atoms with Gasteiger partial charge in [0, 0.05) is 17.3 Å². The van der Waals surface area contributed by atoms with Crippen LogP contribution in [0.15, 0.2) is 18.2 Å². The second-order valence-electron chi connectivity index (χ2n) is 5.30. The average molecular weight is 291 g/mol. The molecular formula is C15H21N3O3. The summed E-state index contributed by atoms with van der Waals surface area (Å²) in [5.74, 6) is -0.115. The fraction of sp³-hybridized carbons (Fsp3) is 0.533. The van der Waals surface area contributed by atoms with Crippen LogP contribution in [0, 0.1) is 10.1 Å². The Bertz CT molecular complexity index is 523. The number of nitro benzene ring substituents is 1. The van der Waals surface area contributed by atoms with Crippen LogP contribution in [0.3, 0.4) is 0 Å². The number of hydrogen-bond donors (Lipinski definition) is 2. The van der Waals surface area contributed by atoms with Crippen molar-refractivity contribution in [2.24, 2.45) is 0 Å². The predicted octanol–water partition coefficient (Wildman–Crippen LogP) is 2.63. The van der Waals surface area contributed by atoms with E-state index in [0.29, 0.717) is 17.7 Å². The molecule has 1 saturated heterocycles.